The van der Waals surface area contributed by atoms with E-state index in [1.165, 1.54) is 32.1 Å². The van der Waals surface area contributed by atoms with Crippen LogP contribution in [0.25, 0.3) is 0 Å². The van der Waals surface area contributed by atoms with Crippen LogP contribution < -0.4 is 4.74 Å². The van der Waals surface area contributed by atoms with Crippen LogP contribution >= 0.6 is 0 Å². The number of rotatable bonds is 10. The van der Waals surface area contributed by atoms with Crippen LogP contribution in [0.3, 0.4) is 0 Å². The molecule has 1 saturated carbocycles. The second kappa shape index (κ2) is 13.3. The zero-order valence-electron chi connectivity index (χ0n) is 21.6. The first kappa shape index (κ1) is 26.7. The molecular formula is C30H38N2O5. The molecule has 198 valence electrons. The van der Waals surface area contributed by atoms with Gasteiger partial charge in [0.1, 0.15) is 5.75 Å². The van der Waals surface area contributed by atoms with Crippen LogP contribution in [0.4, 0.5) is 0 Å². The van der Waals surface area contributed by atoms with E-state index < -0.39 is 5.97 Å². The van der Waals surface area contributed by atoms with Crippen molar-refractivity contribution in [3.63, 3.8) is 0 Å². The predicted octanol–water partition coefficient (Wildman–Crippen LogP) is 4.58. The molecule has 37 heavy (non-hydrogen) atoms. The van der Waals surface area contributed by atoms with Gasteiger partial charge < -0.3 is 19.6 Å². The van der Waals surface area contributed by atoms with Gasteiger partial charge in [-0.2, -0.15) is 0 Å². The van der Waals surface area contributed by atoms with E-state index in [-0.39, 0.29) is 24.7 Å². The predicted molar refractivity (Wildman–Crippen MR) is 142 cm³/mol. The fourth-order valence-electron chi connectivity index (χ4n) is 5.31. The van der Waals surface area contributed by atoms with Crippen LogP contribution in [0.2, 0.25) is 0 Å². The number of carbonyl (C=O) groups is 3. The molecule has 2 aliphatic rings. The number of hydrogen-bond acceptors (Lipinski definition) is 4. The van der Waals surface area contributed by atoms with E-state index in [0.29, 0.717) is 44.8 Å². The first-order valence-corrected chi connectivity index (χ1v) is 13.6. The Bertz CT molecular complexity index is 1070. The average molecular weight is 507 g/mol. The Labute approximate surface area is 219 Å². The smallest absolute Gasteiger partial charge is 0.303 e. The lowest BCUT2D eigenvalue weighted by Crippen LogP contribution is -2.51. The molecule has 1 aliphatic carbocycles. The molecule has 0 bridgehead atoms. The molecule has 7 heteroatoms. The quantitative estimate of drug-likeness (QED) is 0.510. The van der Waals surface area contributed by atoms with E-state index >= 15 is 0 Å². The average Bonchev–Trinajstić information content (AvgIpc) is 2.92. The number of ether oxygens (including phenoxy) is 1. The molecule has 2 amide bonds. The SMILES string of the molecule is O=C(O)CCc1cccc(CC(=O)N2CCN(C(=O)c3cccc(OCCC4CCCCC4)c3)CC2)c1. The highest BCUT2D eigenvalue weighted by Gasteiger charge is 2.25. The maximum Gasteiger partial charge on any atom is 0.303 e. The van der Waals surface area contributed by atoms with Crippen molar-refractivity contribution in [2.24, 2.45) is 5.92 Å². The molecule has 0 aromatic heterocycles. The Balaban J connectivity index is 1.23. The molecule has 2 fully saturated rings. The van der Waals surface area contributed by atoms with Crippen molar-refractivity contribution in [1.82, 2.24) is 9.80 Å². The number of piperazine rings is 1. The van der Waals surface area contributed by atoms with Gasteiger partial charge in [0, 0.05) is 38.2 Å². The van der Waals surface area contributed by atoms with Crippen LogP contribution in [0.15, 0.2) is 48.5 Å². The van der Waals surface area contributed by atoms with E-state index in [0.717, 1.165) is 29.2 Å². The molecule has 1 saturated heterocycles. The van der Waals surface area contributed by atoms with Gasteiger partial charge in [-0.25, -0.2) is 0 Å². The lowest BCUT2D eigenvalue weighted by Gasteiger charge is -2.35. The normalized spacial score (nSPS) is 16.4. The fourth-order valence-corrected chi connectivity index (χ4v) is 5.31. The number of amides is 2. The van der Waals surface area contributed by atoms with Crippen molar-refractivity contribution in [2.45, 2.75) is 57.8 Å². The minimum atomic E-state index is -0.831. The number of hydrogen-bond donors (Lipinski definition) is 1. The summed E-state index contributed by atoms with van der Waals surface area (Å²) in [5, 5.41) is 8.89. The molecule has 1 N–H and O–H groups in total. The topological polar surface area (TPSA) is 87.2 Å². The third-order valence-electron chi connectivity index (χ3n) is 7.49. The van der Waals surface area contributed by atoms with Gasteiger partial charge in [0.2, 0.25) is 5.91 Å². The number of aryl methyl sites for hydroxylation is 1. The number of carbonyl (C=O) groups excluding carboxylic acids is 2. The summed E-state index contributed by atoms with van der Waals surface area (Å²) in [4.78, 5) is 40.4. The summed E-state index contributed by atoms with van der Waals surface area (Å²) in [5.74, 6) is 0.661. The number of aliphatic carboxylic acids is 1. The highest BCUT2D eigenvalue weighted by Crippen LogP contribution is 2.26. The van der Waals surface area contributed by atoms with Gasteiger partial charge in [-0.1, -0.05) is 62.4 Å². The molecule has 1 aliphatic heterocycles. The molecule has 0 radical (unpaired) electrons. The summed E-state index contributed by atoms with van der Waals surface area (Å²) >= 11 is 0. The maximum atomic E-state index is 13.1. The fraction of sp³-hybridized carbons (Fsp3) is 0.500. The van der Waals surface area contributed by atoms with Gasteiger partial charge in [0.05, 0.1) is 13.0 Å². The van der Waals surface area contributed by atoms with E-state index in [4.69, 9.17) is 9.84 Å². The second-order valence-corrected chi connectivity index (χ2v) is 10.2. The Morgan fingerprint density at radius 3 is 2.32 bits per heavy atom. The first-order valence-electron chi connectivity index (χ1n) is 13.6. The Morgan fingerprint density at radius 2 is 1.57 bits per heavy atom. The number of carboxylic acids is 1. The van der Waals surface area contributed by atoms with Crippen LogP contribution in [-0.2, 0) is 22.4 Å². The molecule has 2 aromatic rings. The minimum Gasteiger partial charge on any atom is -0.494 e. The van der Waals surface area contributed by atoms with Crippen molar-refractivity contribution in [2.75, 3.05) is 32.8 Å². The Kier molecular flexibility index (Phi) is 9.58. The highest BCUT2D eigenvalue weighted by molar-refractivity contribution is 5.94. The first-order chi connectivity index (χ1) is 18.0. The summed E-state index contributed by atoms with van der Waals surface area (Å²) in [6.07, 6.45) is 8.48. The van der Waals surface area contributed by atoms with Crippen molar-refractivity contribution >= 4 is 17.8 Å². The zero-order valence-corrected chi connectivity index (χ0v) is 21.6. The molecule has 7 nitrogen and oxygen atoms in total. The van der Waals surface area contributed by atoms with Gasteiger partial charge in [-0.15, -0.1) is 0 Å². The molecule has 2 aromatic carbocycles. The number of carboxylic acid groups (broad SMARTS) is 1. The molecule has 0 atom stereocenters. The standard InChI is InChI=1S/C30H38N2O5/c33-28(21-25-9-4-8-24(20-25)12-13-29(34)35)31-15-17-32(18-16-31)30(36)26-10-5-11-27(22-26)37-19-14-23-6-2-1-3-7-23/h4-5,8-11,20,22-23H,1-3,6-7,12-19,21H2,(H,34,35). The number of benzene rings is 2. The van der Waals surface area contributed by atoms with E-state index in [1.54, 1.807) is 9.80 Å². The molecule has 0 spiro atoms. The van der Waals surface area contributed by atoms with Gasteiger partial charge in [-0.05, 0) is 48.1 Å². The van der Waals surface area contributed by atoms with E-state index in [2.05, 4.69) is 0 Å². The third-order valence-corrected chi connectivity index (χ3v) is 7.49. The van der Waals surface area contributed by atoms with E-state index in [1.807, 2.05) is 48.5 Å². The summed E-state index contributed by atoms with van der Waals surface area (Å²) in [5.41, 5.74) is 2.42. The van der Waals surface area contributed by atoms with Gasteiger partial charge in [-0.3, -0.25) is 14.4 Å². The van der Waals surface area contributed by atoms with Crippen LogP contribution in [0, 0.1) is 5.92 Å². The van der Waals surface area contributed by atoms with Crippen LogP contribution in [0.5, 0.6) is 5.75 Å². The Hall–Kier alpha value is -3.35. The van der Waals surface area contributed by atoms with Crippen molar-refractivity contribution in [3.8, 4) is 5.75 Å². The summed E-state index contributed by atoms with van der Waals surface area (Å²) in [7, 11) is 0. The molecule has 0 unspecified atom stereocenters. The van der Waals surface area contributed by atoms with Crippen molar-refractivity contribution in [1.29, 1.82) is 0 Å². The van der Waals surface area contributed by atoms with E-state index in [9.17, 15) is 14.4 Å². The monoisotopic (exact) mass is 506 g/mol. The molecule has 4 rings (SSSR count). The summed E-state index contributed by atoms with van der Waals surface area (Å²) < 4.78 is 5.97. The second-order valence-electron chi connectivity index (χ2n) is 10.2. The Morgan fingerprint density at radius 1 is 0.865 bits per heavy atom. The largest absolute Gasteiger partial charge is 0.494 e. The van der Waals surface area contributed by atoms with Crippen molar-refractivity contribution < 1.29 is 24.2 Å². The van der Waals surface area contributed by atoms with Crippen LogP contribution in [0.1, 0.15) is 66.4 Å². The molecule has 1 heterocycles. The summed E-state index contributed by atoms with van der Waals surface area (Å²) in [6.45, 7) is 2.68. The van der Waals surface area contributed by atoms with Crippen molar-refractivity contribution in [3.05, 3.63) is 65.2 Å². The van der Waals surface area contributed by atoms with Crippen LogP contribution in [-0.4, -0.2) is 65.5 Å². The van der Waals surface area contributed by atoms with Gasteiger partial charge >= 0.3 is 5.97 Å². The number of nitrogens with zero attached hydrogens (tertiary/aromatic N) is 2. The summed E-state index contributed by atoms with van der Waals surface area (Å²) in [6, 6.07) is 15.0. The molecular weight excluding hydrogens is 468 g/mol. The van der Waals surface area contributed by atoms with Gasteiger partial charge in [0.25, 0.3) is 5.91 Å². The highest BCUT2D eigenvalue weighted by atomic mass is 16.5. The lowest BCUT2D eigenvalue weighted by atomic mass is 9.87. The third kappa shape index (κ3) is 8.07. The maximum absolute atomic E-state index is 13.1. The minimum absolute atomic E-state index is 0.0239. The lowest BCUT2D eigenvalue weighted by molar-refractivity contribution is -0.137. The van der Waals surface area contributed by atoms with Gasteiger partial charge in [0.15, 0.2) is 0 Å². The zero-order chi connectivity index (χ0) is 26.0.